The predicted octanol–water partition coefficient (Wildman–Crippen LogP) is 1.72. The fraction of sp³-hybridized carbons (Fsp3) is 0.214. The third-order valence-corrected chi connectivity index (χ3v) is 3.09. The number of nitrogens with zero attached hydrogens (tertiary/aromatic N) is 6. The van der Waals surface area contributed by atoms with Crippen LogP contribution < -0.4 is 5.32 Å². The van der Waals surface area contributed by atoms with Crippen molar-refractivity contribution in [2.24, 2.45) is 0 Å². The van der Waals surface area contributed by atoms with Crippen LogP contribution in [0.15, 0.2) is 36.9 Å². The second-order valence-electron chi connectivity index (χ2n) is 4.42. The van der Waals surface area contributed by atoms with Crippen molar-refractivity contribution in [3.8, 4) is 17.3 Å². The average molecular weight is 281 g/mol. The second-order valence-corrected chi connectivity index (χ2v) is 4.42. The number of hydrogen-bond acceptors (Lipinski definition) is 6. The smallest absolute Gasteiger partial charge is 0.257 e. The lowest BCUT2D eigenvalue weighted by Crippen LogP contribution is -2.08. The van der Waals surface area contributed by atoms with Gasteiger partial charge in [-0.2, -0.15) is 24.7 Å². The zero-order chi connectivity index (χ0) is 14.7. The first-order chi connectivity index (χ1) is 10.3. The van der Waals surface area contributed by atoms with E-state index in [2.05, 4.69) is 49.4 Å². The number of benzene rings is 1. The zero-order valence-corrected chi connectivity index (χ0v) is 11.9. The van der Waals surface area contributed by atoms with Gasteiger partial charge in [-0.25, -0.2) is 4.98 Å². The van der Waals surface area contributed by atoms with E-state index in [1.54, 1.807) is 13.4 Å². The maximum absolute atomic E-state index is 4.45. The minimum Gasteiger partial charge on any atom is -0.357 e. The summed E-state index contributed by atoms with van der Waals surface area (Å²) in [6.45, 7) is 2.12. The highest BCUT2D eigenvalue weighted by Gasteiger charge is 2.09. The Bertz CT molecular complexity index is 720. The fourth-order valence-corrected chi connectivity index (χ4v) is 1.91. The molecule has 7 nitrogen and oxygen atoms in total. The lowest BCUT2D eigenvalue weighted by Gasteiger charge is -2.07. The maximum atomic E-state index is 4.45. The van der Waals surface area contributed by atoms with Crippen molar-refractivity contribution in [3.63, 3.8) is 0 Å². The molecule has 0 bridgehead atoms. The van der Waals surface area contributed by atoms with E-state index in [1.165, 1.54) is 16.6 Å². The van der Waals surface area contributed by atoms with Crippen molar-refractivity contribution in [1.82, 2.24) is 29.7 Å². The lowest BCUT2D eigenvalue weighted by atomic mass is 10.1. The lowest BCUT2D eigenvalue weighted by molar-refractivity contribution is 0.798. The summed E-state index contributed by atoms with van der Waals surface area (Å²) >= 11 is 0. The number of nitrogens with one attached hydrogen (secondary N) is 1. The Labute approximate surface area is 122 Å². The van der Waals surface area contributed by atoms with Gasteiger partial charge in [-0.15, -0.1) is 0 Å². The first kappa shape index (κ1) is 13.2. The van der Waals surface area contributed by atoms with E-state index in [0.29, 0.717) is 17.7 Å². The van der Waals surface area contributed by atoms with Crippen LogP contribution in [0.2, 0.25) is 0 Å². The summed E-state index contributed by atoms with van der Waals surface area (Å²) in [6.07, 6.45) is 4.00. The van der Waals surface area contributed by atoms with Gasteiger partial charge in [-0.05, 0) is 12.0 Å². The normalized spacial score (nSPS) is 10.6. The number of rotatable bonds is 4. The van der Waals surface area contributed by atoms with Crippen molar-refractivity contribution in [3.05, 3.63) is 42.5 Å². The molecule has 0 fully saturated rings. The minimum absolute atomic E-state index is 0.432. The minimum atomic E-state index is 0.432. The van der Waals surface area contributed by atoms with Crippen molar-refractivity contribution in [2.75, 3.05) is 12.4 Å². The van der Waals surface area contributed by atoms with Crippen molar-refractivity contribution in [2.45, 2.75) is 13.3 Å². The Morgan fingerprint density at radius 1 is 1.10 bits per heavy atom. The van der Waals surface area contributed by atoms with Gasteiger partial charge in [0.15, 0.2) is 5.82 Å². The molecule has 0 amide bonds. The average Bonchev–Trinajstić information content (AvgIpc) is 3.09. The van der Waals surface area contributed by atoms with Gasteiger partial charge in [0.25, 0.3) is 5.95 Å². The van der Waals surface area contributed by atoms with Gasteiger partial charge in [-0.1, -0.05) is 31.2 Å². The van der Waals surface area contributed by atoms with Gasteiger partial charge in [0.2, 0.25) is 5.95 Å². The van der Waals surface area contributed by atoms with Crippen LogP contribution in [0.25, 0.3) is 17.3 Å². The highest BCUT2D eigenvalue weighted by atomic mass is 15.4. The Balaban J connectivity index is 2.06. The van der Waals surface area contributed by atoms with E-state index in [1.807, 2.05) is 12.1 Å². The van der Waals surface area contributed by atoms with E-state index in [4.69, 9.17) is 0 Å². The maximum Gasteiger partial charge on any atom is 0.257 e. The van der Waals surface area contributed by atoms with E-state index in [9.17, 15) is 0 Å². The molecule has 0 aliphatic rings. The van der Waals surface area contributed by atoms with Crippen LogP contribution in [-0.4, -0.2) is 36.8 Å². The molecule has 0 spiro atoms. The molecule has 2 aromatic heterocycles. The van der Waals surface area contributed by atoms with Gasteiger partial charge in [0, 0.05) is 12.6 Å². The summed E-state index contributed by atoms with van der Waals surface area (Å²) in [5.74, 6) is 1.52. The van der Waals surface area contributed by atoms with Crippen LogP contribution in [0.4, 0.5) is 5.95 Å². The molecule has 2 heterocycles. The molecule has 106 valence electrons. The predicted molar refractivity (Wildman–Crippen MR) is 79.1 cm³/mol. The number of hydrogen-bond donors (Lipinski definition) is 1. The molecule has 7 heteroatoms. The van der Waals surface area contributed by atoms with Gasteiger partial charge in [0.05, 0.1) is 0 Å². The molecule has 0 saturated heterocycles. The van der Waals surface area contributed by atoms with Gasteiger partial charge in [0.1, 0.15) is 12.7 Å². The van der Waals surface area contributed by atoms with E-state index >= 15 is 0 Å². The summed E-state index contributed by atoms with van der Waals surface area (Å²) in [5.41, 5.74) is 2.21. The van der Waals surface area contributed by atoms with Gasteiger partial charge in [-0.3, -0.25) is 0 Å². The molecule has 0 aliphatic carbocycles. The summed E-state index contributed by atoms with van der Waals surface area (Å²) in [4.78, 5) is 17.0. The Hall–Kier alpha value is -2.83. The monoisotopic (exact) mass is 281 g/mol. The molecule has 0 unspecified atom stereocenters. The van der Waals surface area contributed by atoms with Crippen molar-refractivity contribution >= 4 is 5.95 Å². The Morgan fingerprint density at radius 2 is 1.90 bits per heavy atom. The van der Waals surface area contributed by atoms with Crippen molar-refractivity contribution < 1.29 is 0 Å². The molecule has 1 aromatic carbocycles. The highest BCUT2D eigenvalue weighted by molar-refractivity contribution is 5.57. The second kappa shape index (κ2) is 5.66. The summed E-state index contributed by atoms with van der Waals surface area (Å²) in [7, 11) is 1.77. The molecule has 3 rings (SSSR count). The fourth-order valence-electron chi connectivity index (χ4n) is 1.91. The molecule has 0 radical (unpaired) electrons. The molecule has 0 saturated carbocycles. The molecule has 0 aliphatic heterocycles. The third kappa shape index (κ3) is 2.71. The van der Waals surface area contributed by atoms with Crippen LogP contribution in [0, 0.1) is 0 Å². The number of aryl methyl sites for hydroxylation is 1. The summed E-state index contributed by atoms with van der Waals surface area (Å²) in [6, 6.07) is 8.18. The van der Waals surface area contributed by atoms with Crippen molar-refractivity contribution in [1.29, 1.82) is 0 Å². The van der Waals surface area contributed by atoms with Gasteiger partial charge < -0.3 is 5.32 Å². The van der Waals surface area contributed by atoms with E-state index in [-0.39, 0.29) is 0 Å². The molecular formula is C14H15N7. The van der Waals surface area contributed by atoms with Gasteiger partial charge >= 0.3 is 0 Å². The molecule has 21 heavy (non-hydrogen) atoms. The SMILES string of the molecule is CCc1ccc(-c2nc(NC)nc(-n3cncn3)n2)cc1. The zero-order valence-electron chi connectivity index (χ0n) is 11.9. The third-order valence-electron chi connectivity index (χ3n) is 3.09. The molecular weight excluding hydrogens is 266 g/mol. The van der Waals surface area contributed by atoms with Crippen LogP contribution in [0.1, 0.15) is 12.5 Å². The molecule has 0 atom stereocenters. The van der Waals surface area contributed by atoms with Crippen LogP contribution in [0.3, 0.4) is 0 Å². The van der Waals surface area contributed by atoms with Crippen LogP contribution in [-0.2, 0) is 6.42 Å². The van der Waals surface area contributed by atoms with E-state index < -0.39 is 0 Å². The quantitative estimate of drug-likeness (QED) is 0.784. The first-order valence-corrected chi connectivity index (χ1v) is 6.68. The Kier molecular flexibility index (Phi) is 3.55. The standard InChI is InChI=1S/C14H15N7/c1-3-10-4-6-11(7-5-10)12-18-13(15-2)20-14(19-12)21-9-16-8-17-21/h4-9H,3H2,1-2H3,(H,15,18,19,20). The molecule has 3 aromatic rings. The molecule has 1 N–H and O–H groups in total. The van der Waals surface area contributed by atoms with Crippen LogP contribution in [0.5, 0.6) is 0 Å². The first-order valence-electron chi connectivity index (χ1n) is 6.68. The Morgan fingerprint density at radius 3 is 2.52 bits per heavy atom. The summed E-state index contributed by atoms with van der Waals surface area (Å²) < 4.78 is 1.51. The summed E-state index contributed by atoms with van der Waals surface area (Å²) in [5, 5.41) is 6.99. The topological polar surface area (TPSA) is 81.4 Å². The largest absolute Gasteiger partial charge is 0.357 e. The highest BCUT2D eigenvalue weighted by Crippen LogP contribution is 2.18. The number of aromatic nitrogens is 6. The van der Waals surface area contributed by atoms with Crippen LogP contribution >= 0.6 is 0 Å². The number of anilines is 1. The van der Waals surface area contributed by atoms with E-state index in [0.717, 1.165) is 12.0 Å².